The highest BCUT2D eigenvalue weighted by Gasteiger charge is 2.27. The summed E-state index contributed by atoms with van der Waals surface area (Å²) in [6.07, 6.45) is 2.18. The second-order valence-electron chi connectivity index (χ2n) is 5.11. The highest BCUT2D eigenvalue weighted by Crippen LogP contribution is 2.29. The lowest BCUT2D eigenvalue weighted by Gasteiger charge is -2.25. The van der Waals surface area contributed by atoms with Crippen LogP contribution < -0.4 is 14.8 Å². The molecule has 6 heteroatoms. The Morgan fingerprint density at radius 2 is 1.67 bits per heavy atom. The van der Waals surface area contributed by atoms with Crippen LogP contribution in [0, 0.1) is 0 Å². The number of sulfone groups is 1. The Bertz CT molecular complexity index is 535. The molecule has 0 aliphatic rings. The van der Waals surface area contributed by atoms with E-state index in [0.717, 1.165) is 18.5 Å². The van der Waals surface area contributed by atoms with E-state index in [0.29, 0.717) is 11.5 Å². The van der Waals surface area contributed by atoms with Crippen molar-refractivity contribution in [2.75, 3.05) is 27.0 Å². The largest absolute Gasteiger partial charge is 0.497 e. The molecule has 5 nitrogen and oxygen atoms in total. The van der Waals surface area contributed by atoms with E-state index >= 15 is 0 Å². The molecule has 0 amide bonds. The van der Waals surface area contributed by atoms with Gasteiger partial charge in [0.25, 0.3) is 0 Å². The Kier molecular flexibility index (Phi) is 6.48. The van der Waals surface area contributed by atoms with Crippen LogP contribution in [0.15, 0.2) is 18.2 Å². The van der Waals surface area contributed by atoms with Gasteiger partial charge in [0.1, 0.15) is 11.5 Å². The highest BCUT2D eigenvalue weighted by atomic mass is 32.2. The molecule has 1 rings (SSSR count). The van der Waals surface area contributed by atoms with Gasteiger partial charge in [-0.15, -0.1) is 0 Å². The van der Waals surface area contributed by atoms with Crippen molar-refractivity contribution < 1.29 is 17.9 Å². The second-order valence-corrected chi connectivity index (χ2v) is 7.52. The molecule has 2 atom stereocenters. The Morgan fingerprint density at radius 3 is 2.05 bits per heavy atom. The number of ether oxygens (including phenoxy) is 2. The zero-order chi connectivity index (χ0) is 16.0. The molecule has 0 aliphatic carbocycles. The van der Waals surface area contributed by atoms with Gasteiger partial charge < -0.3 is 14.8 Å². The van der Waals surface area contributed by atoms with E-state index in [1.807, 2.05) is 19.1 Å². The lowest BCUT2D eigenvalue weighted by molar-refractivity contribution is 0.391. The lowest BCUT2D eigenvalue weighted by Crippen LogP contribution is -2.35. The van der Waals surface area contributed by atoms with E-state index < -0.39 is 15.1 Å². The molecule has 0 aromatic heterocycles. The molecule has 1 aromatic rings. The maximum Gasteiger partial charge on any atom is 0.151 e. The van der Waals surface area contributed by atoms with Crippen molar-refractivity contribution in [1.29, 1.82) is 0 Å². The zero-order valence-corrected chi connectivity index (χ0v) is 14.2. The standard InChI is InChI=1S/C15H25NO4S/c1-6-7-16-15(11(2)21(5,17)18)12-8-13(19-3)10-14(9-12)20-4/h8-11,15-16H,6-7H2,1-5H3. The van der Waals surface area contributed by atoms with Gasteiger partial charge in [0.05, 0.1) is 19.5 Å². The lowest BCUT2D eigenvalue weighted by atomic mass is 10.0. The predicted molar refractivity (Wildman–Crippen MR) is 84.9 cm³/mol. The third-order valence-corrected chi connectivity index (χ3v) is 5.11. The summed E-state index contributed by atoms with van der Waals surface area (Å²) in [5.74, 6) is 1.29. The molecule has 0 saturated heterocycles. The quantitative estimate of drug-likeness (QED) is 0.796. The Morgan fingerprint density at radius 1 is 1.14 bits per heavy atom. The van der Waals surface area contributed by atoms with Crippen LogP contribution in [0.4, 0.5) is 0 Å². The van der Waals surface area contributed by atoms with Crippen LogP contribution in [0.5, 0.6) is 11.5 Å². The molecule has 0 heterocycles. The first-order valence-corrected chi connectivity index (χ1v) is 8.94. The van der Waals surface area contributed by atoms with Gasteiger partial charge >= 0.3 is 0 Å². The molecule has 0 radical (unpaired) electrons. The molecule has 0 saturated carbocycles. The first kappa shape index (κ1) is 17.8. The first-order chi connectivity index (χ1) is 9.83. The molecule has 21 heavy (non-hydrogen) atoms. The van der Waals surface area contributed by atoms with Crippen molar-refractivity contribution in [2.45, 2.75) is 31.6 Å². The van der Waals surface area contributed by atoms with E-state index in [4.69, 9.17) is 9.47 Å². The Hall–Kier alpha value is -1.27. The molecule has 0 fully saturated rings. The minimum Gasteiger partial charge on any atom is -0.497 e. The summed E-state index contributed by atoms with van der Waals surface area (Å²) >= 11 is 0. The van der Waals surface area contributed by atoms with Gasteiger partial charge in [-0.25, -0.2) is 8.42 Å². The minimum atomic E-state index is -3.16. The van der Waals surface area contributed by atoms with Gasteiger partial charge in [-0.1, -0.05) is 6.92 Å². The fraction of sp³-hybridized carbons (Fsp3) is 0.600. The average molecular weight is 315 g/mol. The maximum absolute atomic E-state index is 11.9. The molecule has 0 bridgehead atoms. The maximum atomic E-state index is 11.9. The smallest absolute Gasteiger partial charge is 0.151 e. The van der Waals surface area contributed by atoms with Crippen LogP contribution in [-0.2, 0) is 9.84 Å². The molecular weight excluding hydrogens is 290 g/mol. The van der Waals surface area contributed by atoms with E-state index in [1.54, 1.807) is 27.2 Å². The number of rotatable bonds is 8. The summed E-state index contributed by atoms with van der Waals surface area (Å²) in [7, 11) is -0.0111. The molecule has 0 aliphatic heterocycles. The summed E-state index contributed by atoms with van der Waals surface area (Å²) in [5.41, 5.74) is 0.845. The van der Waals surface area contributed by atoms with Crippen LogP contribution in [0.2, 0.25) is 0 Å². The van der Waals surface area contributed by atoms with E-state index in [2.05, 4.69) is 5.32 Å². The molecule has 2 unspecified atom stereocenters. The van der Waals surface area contributed by atoms with Crippen LogP contribution in [0.25, 0.3) is 0 Å². The predicted octanol–water partition coefficient (Wildman–Crippen LogP) is 2.18. The summed E-state index contributed by atoms with van der Waals surface area (Å²) in [6.45, 7) is 4.50. The topological polar surface area (TPSA) is 64.6 Å². The Balaban J connectivity index is 3.24. The summed E-state index contributed by atoms with van der Waals surface area (Å²) < 4.78 is 34.4. The number of methoxy groups -OCH3 is 2. The van der Waals surface area contributed by atoms with Crippen molar-refractivity contribution in [1.82, 2.24) is 5.32 Å². The van der Waals surface area contributed by atoms with Crippen molar-refractivity contribution in [2.24, 2.45) is 0 Å². The summed E-state index contributed by atoms with van der Waals surface area (Å²) in [5, 5.41) is 2.76. The fourth-order valence-electron chi connectivity index (χ4n) is 2.11. The van der Waals surface area contributed by atoms with Gasteiger partial charge in [-0.3, -0.25) is 0 Å². The van der Waals surface area contributed by atoms with Crippen molar-refractivity contribution in [3.05, 3.63) is 23.8 Å². The van der Waals surface area contributed by atoms with E-state index in [1.165, 1.54) is 6.26 Å². The minimum absolute atomic E-state index is 0.302. The fourth-order valence-corrected chi connectivity index (χ4v) is 2.86. The molecular formula is C15H25NO4S. The highest BCUT2D eigenvalue weighted by molar-refractivity contribution is 7.91. The average Bonchev–Trinajstić information content (AvgIpc) is 2.46. The SMILES string of the molecule is CCCNC(c1cc(OC)cc(OC)c1)C(C)S(C)(=O)=O. The van der Waals surface area contributed by atoms with Crippen molar-refractivity contribution in [3.63, 3.8) is 0 Å². The number of benzene rings is 1. The molecule has 1 N–H and O–H groups in total. The van der Waals surface area contributed by atoms with Crippen LogP contribution in [0.1, 0.15) is 31.9 Å². The van der Waals surface area contributed by atoms with Gasteiger partial charge in [0.15, 0.2) is 9.84 Å². The third-order valence-electron chi connectivity index (χ3n) is 3.49. The van der Waals surface area contributed by atoms with Gasteiger partial charge in [0, 0.05) is 18.4 Å². The monoisotopic (exact) mass is 315 g/mol. The van der Waals surface area contributed by atoms with Crippen LogP contribution >= 0.6 is 0 Å². The Labute approximate surface area is 127 Å². The molecule has 0 spiro atoms. The number of hydrogen-bond donors (Lipinski definition) is 1. The first-order valence-electron chi connectivity index (χ1n) is 6.98. The van der Waals surface area contributed by atoms with Crippen LogP contribution in [0.3, 0.4) is 0 Å². The third kappa shape index (κ3) is 4.89. The van der Waals surface area contributed by atoms with Gasteiger partial charge in [-0.05, 0) is 37.6 Å². The molecule has 120 valence electrons. The molecule has 1 aromatic carbocycles. The summed E-state index contributed by atoms with van der Waals surface area (Å²) in [4.78, 5) is 0. The van der Waals surface area contributed by atoms with Gasteiger partial charge in [-0.2, -0.15) is 0 Å². The van der Waals surface area contributed by atoms with Gasteiger partial charge in [0.2, 0.25) is 0 Å². The number of nitrogens with one attached hydrogen (secondary N) is 1. The van der Waals surface area contributed by atoms with E-state index in [-0.39, 0.29) is 6.04 Å². The zero-order valence-electron chi connectivity index (χ0n) is 13.3. The second kappa shape index (κ2) is 7.66. The van der Waals surface area contributed by atoms with Crippen molar-refractivity contribution in [3.8, 4) is 11.5 Å². The number of hydrogen-bond acceptors (Lipinski definition) is 5. The van der Waals surface area contributed by atoms with E-state index in [9.17, 15) is 8.42 Å². The van der Waals surface area contributed by atoms with Crippen molar-refractivity contribution >= 4 is 9.84 Å². The van der Waals surface area contributed by atoms with Crippen LogP contribution in [-0.4, -0.2) is 40.7 Å². The summed E-state index contributed by atoms with van der Waals surface area (Å²) in [6, 6.07) is 5.16. The normalized spacial score (nSPS) is 14.5.